The summed E-state index contributed by atoms with van der Waals surface area (Å²) in [4.78, 5) is 10.5. The van der Waals surface area contributed by atoms with E-state index >= 15 is 0 Å². The molecule has 0 bridgehead atoms. The molecule has 1 aliphatic heterocycles. The fourth-order valence-corrected chi connectivity index (χ4v) is 2.45. The molecule has 1 aromatic carbocycles. The second-order valence-electron chi connectivity index (χ2n) is 5.62. The van der Waals surface area contributed by atoms with E-state index in [4.69, 9.17) is 14.2 Å². The van der Waals surface area contributed by atoms with E-state index < -0.39 is 0 Å². The van der Waals surface area contributed by atoms with Crippen LogP contribution in [0.4, 0.5) is 0 Å². The van der Waals surface area contributed by atoms with Crippen molar-refractivity contribution in [2.24, 2.45) is 0 Å². The predicted octanol–water partition coefficient (Wildman–Crippen LogP) is 3.98. The Morgan fingerprint density at radius 1 is 1.05 bits per heavy atom. The van der Waals surface area contributed by atoms with Crippen LogP contribution in [0.2, 0.25) is 0 Å². The molecule has 0 radical (unpaired) electrons. The van der Waals surface area contributed by atoms with Gasteiger partial charge < -0.3 is 14.2 Å². The van der Waals surface area contributed by atoms with Crippen LogP contribution < -0.4 is 4.74 Å². The van der Waals surface area contributed by atoms with Crippen molar-refractivity contribution in [1.82, 2.24) is 0 Å². The molecule has 1 fully saturated rings. The Labute approximate surface area is 132 Å². The van der Waals surface area contributed by atoms with Gasteiger partial charge in [-0.25, -0.2) is 0 Å². The number of rotatable bonds is 10. The van der Waals surface area contributed by atoms with E-state index in [1.807, 2.05) is 12.1 Å². The van der Waals surface area contributed by atoms with Gasteiger partial charge in [-0.2, -0.15) is 0 Å². The highest BCUT2D eigenvalue weighted by Gasteiger charge is 2.13. The molecule has 0 N–H and O–H groups in total. The number of unbranched alkanes of at least 4 members (excludes halogenated alkanes) is 3. The normalized spacial score (nSPS) is 18.1. The smallest absolute Gasteiger partial charge is 0.157 e. The van der Waals surface area contributed by atoms with Gasteiger partial charge in [-0.3, -0.25) is 4.79 Å². The third kappa shape index (κ3) is 6.58. The molecule has 0 aromatic heterocycles. The summed E-state index contributed by atoms with van der Waals surface area (Å²) in [6, 6.07) is 7.21. The molecule has 1 atom stereocenters. The number of aldehydes is 1. The van der Waals surface area contributed by atoms with Crippen LogP contribution in [0.3, 0.4) is 0 Å². The molecule has 2 rings (SSSR count). The zero-order valence-electron chi connectivity index (χ0n) is 13.2. The van der Waals surface area contributed by atoms with Crippen molar-refractivity contribution in [1.29, 1.82) is 0 Å². The first kappa shape index (κ1) is 17.0. The Balaban J connectivity index is 1.42. The molecule has 0 amide bonds. The first-order chi connectivity index (χ1) is 10.9. The standard InChI is InChI=1S/C18H26O4/c19-15-16-8-10-17(11-9-16)20-12-4-1-2-5-13-21-18-7-3-6-14-22-18/h8-11,15,18H,1-7,12-14H2. The van der Waals surface area contributed by atoms with Crippen LogP contribution in [-0.2, 0) is 9.47 Å². The quantitative estimate of drug-likeness (QED) is 0.484. The molecule has 1 aromatic rings. The molecule has 4 heteroatoms. The van der Waals surface area contributed by atoms with Gasteiger partial charge in [0.1, 0.15) is 12.0 Å². The Kier molecular flexibility index (Phi) is 7.99. The van der Waals surface area contributed by atoms with Gasteiger partial charge in [0.25, 0.3) is 0 Å². The largest absolute Gasteiger partial charge is 0.494 e. The maximum absolute atomic E-state index is 10.5. The molecule has 1 unspecified atom stereocenters. The Bertz CT molecular complexity index is 410. The summed E-state index contributed by atoms with van der Waals surface area (Å²) >= 11 is 0. The average Bonchev–Trinajstić information content (AvgIpc) is 2.59. The van der Waals surface area contributed by atoms with E-state index in [-0.39, 0.29) is 6.29 Å². The van der Waals surface area contributed by atoms with E-state index in [0.717, 1.165) is 63.8 Å². The van der Waals surface area contributed by atoms with Crippen molar-refractivity contribution in [3.05, 3.63) is 29.8 Å². The summed E-state index contributed by atoms with van der Waals surface area (Å²) in [6.07, 6.45) is 8.70. The van der Waals surface area contributed by atoms with E-state index in [2.05, 4.69) is 0 Å². The molecular formula is C18H26O4. The Hall–Kier alpha value is -1.39. The van der Waals surface area contributed by atoms with Gasteiger partial charge in [0.05, 0.1) is 6.61 Å². The topological polar surface area (TPSA) is 44.8 Å². The lowest BCUT2D eigenvalue weighted by molar-refractivity contribution is -0.162. The third-order valence-electron chi connectivity index (χ3n) is 3.77. The highest BCUT2D eigenvalue weighted by molar-refractivity contribution is 5.74. The van der Waals surface area contributed by atoms with Gasteiger partial charge in [0, 0.05) is 18.8 Å². The van der Waals surface area contributed by atoms with Gasteiger partial charge in [-0.15, -0.1) is 0 Å². The molecule has 0 saturated carbocycles. The molecule has 0 spiro atoms. The lowest BCUT2D eigenvalue weighted by Crippen LogP contribution is -2.22. The van der Waals surface area contributed by atoms with Crippen molar-refractivity contribution in [2.75, 3.05) is 19.8 Å². The second-order valence-corrected chi connectivity index (χ2v) is 5.62. The number of carbonyl (C=O) groups is 1. The van der Waals surface area contributed by atoms with E-state index in [1.165, 1.54) is 6.42 Å². The number of ether oxygens (including phenoxy) is 3. The highest BCUT2D eigenvalue weighted by atomic mass is 16.7. The van der Waals surface area contributed by atoms with E-state index in [9.17, 15) is 4.79 Å². The maximum atomic E-state index is 10.5. The molecule has 4 nitrogen and oxygen atoms in total. The Morgan fingerprint density at radius 3 is 2.50 bits per heavy atom. The minimum Gasteiger partial charge on any atom is -0.494 e. The molecule has 1 heterocycles. The third-order valence-corrected chi connectivity index (χ3v) is 3.77. The summed E-state index contributed by atoms with van der Waals surface area (Å²) in [5, 5.41) is 0. The maximum Gasteiger partial charge on any atom is 0.157 e. The van der Waals surface area contributed by atoms with Crippen molar-refractivity contribution < 1.29 is 19.0 Å². The SMILES string of the molecule is O=Cc1ccc(OCCCCCCOC2CCCCO2)cc1. The summed E-state index contributed by atoms with van der Waals surface area (Å²) < 4.78 is 16.9. The van der Waals surface area contributed by atoms with Crippen LogP contribution in [-0.4, -0.2) is 32.4 Å². The summed E-state index contributed by atoms with van der Waals surface area (Å²) in [7, 11) is 0. The zero-order valence-corrected chi connectivity index (χ0v) is 13.2. The first-order valence-corrected chi connectivity index (χ1v) is 8.30. The van der Waals surface area contributed by atoms with Crippen molar-refractivity contribution in [2.45, 2.75) is 51.2 Å². The Morgan fingerprint density at radius 2 is 1.82 bits per heavy atom. The van der Waals surface area contributed by atoms with Gasteiger partial charge in [0.2, 0.25) is 0 Å². The lowest BCUT2D eigenvalue weighted by atomic mass is 10.2. The molecule has 0 aliphatic carbocycles. The zero-order chi connectivity index (χ0) is 15.5. The number of benzene rings is 1. The van der Waals surface area contributed by atoms with E-state index in [1.54, 1.807) is 12.1 Å². The van der Waals surface area contributed by atoms with Gasteiger partial charge in [-0.1, -0.05) is 6.42 Å². The van der Waals surface area contributed by atoms with Gasteiger partial charge in [-0.05, 0) is 62.8 Å². The number of carbonyl (C=O) groups excluding carboxylic acids is 1. The predicted molar refractivity (Wildman–Crippen MR) is 85.3 cm³/mol. The number of hydrogen-bond acceptors (Lipinski definition) is 4. The molecule has 1 saturated heterocycles. The van der Waals surface area contributed by atoms with Crippen molar-refractivity contribution in [3.63, 3.8) is 0 Å². The van der Waals surface area contributed by atoms with Crippen LogP contribution in [0, 0.1) is 0 Å². The van der Waals surface area contributed by atoms with E-state index in [0.29, 0.717) is 12.2 Å². The fourth-order valence-electron chi connectivity index (χ4n) is 2.45. The van der Waals surface area contributed by atoms with Crippen LogP contribution >= 0.6 is 0 Å². The summed E-state index contributed by atoms with van der Waals surface area (Å²) in [5.74, 6) is 0.823. The molecular weight excluding hydrogens is 280 g/mol. The second kappa shape index (κ2) is 10.4. The summed E-state index contributed by atoms with van der Waals surface area (Å²) in [5.41, 5.74) is 0.675. The van der Waals surface area contributed by atoms with Crippen molar-refractivity contribution in [3.8, 4) is 5.75 Å². The summed E-state index contributed by atoms with van der Waals surface area (Å²) in [6.45, 7) is 2.35. The highest BCUT2D eigenvalue weighted by Crippen LogP contribution is 2.15. The number of hydrogen-bond donors (Lipinski definition) is 0. The first-order valence-electron chi connectivity index (χ1n) is 8.30. The minimum absolute atomic E-state index is 0.0337. The molecule has 1 aliphatic rings. The fraction of sp³-hybridized carbons (Fsp3) is 0.611. The van der Waals surface area contributed by atoms with Gasteiger partial charge in [0.15, 0.2) is 6.29 Å². The molecule has 22 heavy (non-hydrogen) atoms. The van der Waals surface area contributed by atoms with Crippen LogP contribution in [0.15, 0.2) is 24.3 Å². The average molecular weight is 306 g/mol. The minimum atomic E-state index is 0.0337. The lowest BCUT2D eigenvalue weighted by Gasteiger charge is -2.22. The van der Waals surface area contributed by atoms with Crippen LogP contribution in [0.5, 0.6) is 5.75 Å². The molecule has 122 valence electrons. The van der Waals surface area contributed by atoms with Crippen LogP contribution in [0.25, 0.3) is 0 Å². The van der Waals surface area contributed by atoms with Gasteiger partial charge >= 0.3 is 0 Å². The van der Waals surface area contributed by atoms with Crippen molar-refractivity contribution >= 4 is 6.29 Å². The monoisotopic (exact) mass is 306 g/mol. The van der Waals surface area contributed by atoms with Crippen LogP contribution in [0.1, 0.15) is 55.3 Å².